The Labute approximate surface area is 68.5 Å². The molecule has 1 unspecified atom stereocenters. The Hall–Kier alpha value is 0.310. The lowest BCUT2D eigenvalue weighted by Crippen LogP contribution is -2.16. The topological polar surface area (TPSA) is 9.23 Å². The van der Waals surface area contributed by atoms with Gasteiger partial charge in [-0.2, -0.15) is 0 Å². The molecule has 1 saturated heterocycles. The van der Waals surface area contributed by atoms with Crippen molar-refractivity contribution < 1.29 is 4.74 Å². The van der Waals surface area contributed by atoms with Crippen molar-refractivity contribution in [3.05, 3.63) is 0 Å². The van der Waals surface area contributed by atoms with Gasteiger partial charge in [-0.25, -0.2) is 0 Å². The fourth-order valence-electron chi connectivity index (χ4n) is 0.761. The lowest BCUT2D eigenvalue weighted by atomic mass is 10.3. The number of ether oxygens (including phenoxy) is 1. The Bertz CT molecular complexity index is 77.3. The molecule has 1 nitrogen and oxygen atoms in total. The Morgan fingerprint density at radius 2 is 2.10 bits per heavy atom. The molecule has 0 aliphatic carbocycles. The predicted molar refractivity (Wildman–Crippen MR) is 48.5 cm³/mol. The van der Waals surface area contributed by atoms with E-state index in [4.69, 9.17) is 4.74 Å². The summed E-state index contributed by atoms with van der Waals surface area (Å²) in [7, 11) is 0. The maximum absolute atomic E-state index is 5.45. The van der Waals surface area contributed by atoms with E-state index in [1.165, 1.54) is 5.75 Å². The zero-order chi connectivity index (χ0) is 8.04. The van der Waals surface area contributed by atoms with Crippen LogP contribution in [-0.4, -0.2) is 17.3 Å². The molecule has 0 spiro atoms. The molecule has 1 aliphatic heterocycles. The molecular formula is C8H18OS. The van der Waals surface area contributed by atoms with Gasteiger partial charge in [0.25, 0.3) is 0 Å². The van der Waals surface area contributed by atoms with Crippen LogP contribution in [0.2, 0.25) is 0 Å². The SMILES string of the molecule is CC.CCC1(C)OCCS1. The standard InChI is InChI=1S/C6H12OS.C2H6/c1-3-6(2)7-4-5-8-6;1-2/h3-5H2,1-2H3;1-2H3. The van der Waals surface area contributed by atoms with Crippen LogP contribution >= 0.6 is 11.8 Å². The minimum Gasteiger partial charge on any atom is -0.364 e. The van der Waals surface area contributed by atoms with Crippen molar-refractivity contribution in [1.82, 2.24) is 0 Å². The van der Waals surface area contributed by atoms with E-state index in [2.05, 4.69) is 13.8 Å². The van der Waals surface area contributed by atoms with Crippen LogP contribution in [0.15, 0.2) is 0 Å². The van der Waals surface area contributed by atoms with Crippen molar-refractivity contribution >= 4 is 11.8 Å². The van der Waals surface area contributed by atoms with E-state index >= 15 is 0 Å². The molecule has 0 aromatic rings. The molecule has 2 heteroatoms. The molecule has 0 saturated carbocycles. The highest BCUT2D eigenvalue weighted by atomic mass is 32.2. The Balaban J connectivity index is 0.000000371. The van der Waals surface area contributed by atoms with Crippen molar-refractivity contribution in [3.63, 3.8) is 0 Å². The first-order valence-corrected chi connectivity index (χ1v) is 5.03. The largest absolute Gasteiger partial charge is 0.364 e. The summed E-state index contributed by atoms with van der Waals surface area (Å²) >= 11 is 1.92. The molecule has 0 N–H and O–H groups in total. The van der Waals surface area contributed by atoms with Crippen LogP contribution in [0.4, 0.5) is 0 Å². The highest BCUT2D eigenvalue weighted by Crippen LogP contribution is 2.34. The average Bonchev–Trinajstić information content (AvgIpc) is 2.42. The average molecular weight is 162 g/mol. The molecule has 0 radical (unpaired) electrons. The Morgan fingerprint density at radius 1 is 1.50 bits per heavy atom. The second kappa shape index (κ2) is 5.03. The molecule has 10 heavy (non-hydrogen) atoms. The third-order valence-electron chi connectivity index (χ3n) is 1.54. The molecule has 1 atom stereocenters. The van der Waals surface area contributed by atoms with Crippen molar-refractivity contribution in [2.24, 2.45) is 0 Å². The van der Waals surface area contributed by atoms with Crippen molar-refractivity contribution in [2.75, 3.05) is 12.4 Å². The summed E-state index contributed by atoms with van der Waals surface area (Å²) in [5.41, 5.74) is 0. The van der Waals surface area contributed by atoms with Gasteiger partial charge in [0.1, 0.15) is 4.93 Å². The summed E-state index contributed by atoms with van der Waals surface area (Å²) in [4.78, 5) is 0.153. The van der Waals surface area contributed by atoms with Gasteiger partial charge >= 0.3 is 0 Å². The quantitative estimate of drug-likeness (QED) is 0.586. The van der Waals surface area contributed by atoms with Crippen LogP contribution in [-0.2, 0) is 4.74 Å². The van der Waals surface area contributed by atoms with Gasteiger partial charge < -0.3 is 4.74 Å². The molecule has 1 fully saturated rings. The fourth-order valence-corrected chi connectivity index (χ4v) is 1.73. The van der Waals surface area contributed by atoms with Crippen LogP contribution < -0.4 is 0 Å². The molecule has 0 amide bonds. The molecule has 0 bridgehead atoms. The smallest absolute Gasteiger partial charge is 0.110 e. The van der Waals surface area contributed by atoms with Crippen molar-refractivity contribution in [1.29, 1.82) is 0 Å². The van der Waals surface area contributed by atoms with Gasteiger partial charge in [0.05, 0.1) is 6.61 Å². The zero-order valence-corrected chi connectivity index (χ0v) is 8.25. The Kier molecular flexibility index (Phi) is 5.18. The third kappa shape index (κ3) is 2.93. The maximum Gasteiger partial charge on any atom is 0.110 e. The van der Waals surface area contributed by atoms with Gasteiger partial charge in [-0.15, -0.1) is 11.8 Å². The summed E-state index contributed by atoms with van der Waals surface area (Å²) in [5, 5.41) is 0. The van der Waals surface area contributed by atoms with Gasteiger partial charge in [0.2, 0.25) is 0 Å². The van der Waals surface area contributed by atoms with Crippen molar-refractivity contribution in [2.45, 2.75) is 39.0 Å². The second-order valence-corrected chi connectivity index (χ2v) is 3.74. The number of thioether (sulfide) groups is 1. The highest BCUT2D eigenvalue weighted by molar-refractivity contribution is 8.00. The van der Waals surface area contributed by atoms with Crippen LogP contribution in [0.5, 0.6) is 0 Å². The van der Waals surface area contributed by atoms with Crippen molar-refractivity contribution in [3.8, 4) is 0 Å². The third-order valence-corrected chi connectivity index (χ3v) is 2.93. The second-order valence-electron chi connectivity index (χ2n) is 2.18. The van der Waals surface area contributed by atoms with Gasteiger partial charge in [0.15, 0.2) is 0 Å². The lowest BCUT2D eigenvalue weighted by Gasteiger charge is -2.18. The first-order chi connectivity index (χ1) is 4.77. The highest BCUT2D eigenvalue weighted by Gasteiger charge is 2.27. The lowest BCUT2D eigenvalue weighted by molar-refractivity contribution is 0.0633. The Morgan fingerprint density at radius 3 is 2.30 bits per heavy atom. The summed E-state index contributed by atoms with van der Waals surface area (Å²) in [6, 6.07) is 0. The summed E-state index contributed by atoms with van der Waals surface area (Å²) in [6.45, 7) is 9.26. The molecule has 0 aromatic heterocycles. The van der Waals surface area contributed by atoms with Gasteiger partial charge in [-0.3, -0.25) is 0 Å². The molecule has 62 valence electrons. The van der Waals surface area contributed by atoms with Gasteiger partial charge in [0, 0.05) is 5.75 Å². The molecule has 1 rings (SSSR count). The number of hydrogen-bond donors (Lipinski definition) is 0. The predicted octanol–water partition coefficient (Wildman–Crippen LogP) is 2.90. The maximum atomic E-state index is 5.45. The van der Waals surface area contributed by atoms with Crippen LogP contribution in [0, 0.1) is 0 Å². The summed E-state index contributed by atoms with van der Waals surface area (Å²) < 4.78 is 5.45. The molecular weight excluding hydrogens is 144 g/mol. The zero-order valence-electron chi connectivity index (χ0n) is 7.44. The van der Waals surface area contributed by atoms with E-state index in [1.807, 2.05) is 25.6 Å². The molecule has 1 heterocycles. The first kappa shape index (κ1) is 10.3. The van der Waals surface area contributed by atoms with Crippen LogP contribution in [0.25, 0.3) is 0 Å². The van der Waals surface area contributed by atoms with E-state index in [9.17, 15) is 0 Å². The van der Waals surface area contributed by atoms with E-state index in [0.29, 0.717) is 0 Å². The minimum absolute atomic E-state index is 0.153. The normalized spacial score (nSPS) is 31.2. The van der Waals surface area contributed by atoms with E-state index in [1.54, 1.807) is 0 Å². The molecule has 0 aromatic carbocycles. The summed E-state index contributed by atoms with van der Waals surface area (Å²) in [5.74, 6) is 1.17. The molecule has 1 aliphatic rings. The van der Waals surface area contributed by atoms with E-state index in [0.717, 1.165) is 13.0 Å². The number of hydrogen-bond acceptors (Lipinski definition) is 2. The van der Waals surface area contributed by atoms with Gasteiger partial charge in [-0.1, -0.05) is 20.8 Å². The number of rotatable bonds is 1. The monoisotopic (exact) mass is 162 g/mol. The minimum atomic E-state index is 0.153. The van der Waals surface area contributed by atoms with E-state index < -0.39 is 0 Å². The van der Waals surface area contributed by atoms with Gasteiger partial charge in [-0.05, 0) is 13.3 Å². The fraction of sp³-hybridized carbons (Fsp3) is 1.00. The summed E-state index contributed by atoms with van der Waals surface area (Å²) in [6.07, 6.45) is 1.12. The van der Waals surface area contributed by atoms with E-state index in [-0.39, 0.29) is 4.93 Å². The van der Waals surface area contributed by atoms with Crippen LogP contribution in [0.3, 0.4) is 0 Å². The van der Waals surface area contributed by atoms with Crippen LogP contribution in [0.1, 0.15) is 34.1 Å². The first-order valence-electron chi connectivity index (χ1n) is 4.05.